The van der Waals surface area contributed by atoms with Crippen molar-refractivity contribution in [2.45, 2.75) is 34.1 Å². The van der Waals surface area contributed by atoms with E-state index in [-0.39, 0.29) is 11.8 Å². The van der Waals surface area contributed by atoms with E-state index in [1.165, 1.54) is 0 Å². The molecule has 21 heavy (non-hydrogen) atoms. The van der Waals surface area contributed by atoms with Gasteiger partial charge < -0.3 is 16.0 Å². The number of amides is 2. The molecule has 0 unspecified atom stereocenters. The van der Waals surface area contributed by atoms with Gasteiger partial charge in [0, 0.05) is 29.8 Å². The van der Waals surface area contributed by atoms with Gasteiger partial charge in [-0.1, -0.05) is 26.8 Å². The largest absolute Gasteiger partial charge is 0.326 e. The summed E-state index contributed by atoms with van der Waals surface area (Å²) in [4.78, 5) is 23.8. The molecule has 2 amide bonds. The molecule has 0 spiro atoms. The Hall–Kier alpha value is -1.88. The molecule has 0 heterocycles. The fourth-order valence-electron chi connectivity index (χ4n) is 1.61. The number of benzene rings is 1. The SMILES string of the molecule is CNCCC(=O)Nc1ccc(C)c(NC(=O)C(C)(C)C)c1. The number of nitrogens with one attached hydrogen (secondary N) is 3. The van der Waals surface area contributed by atoms with Crippen molar-refractivity contribution in [3.63, 3.8) is 0 Å². The molecule has 1 aromatic rings. The molecular formula is C16H25N3O2. The molecule has 5 nitrogen and oxygen atoms in total. The molecule has 0 atom stereocenters. The van der Waals surface area contributed by atoms with Crippen LogP contribution in [0.5, 0.6) is 0 Å². The van der Waals surface area contributed by atoms with Gasteiger partial charge in [-0.15, -0.1) is 0 Å². The van der Waals surface area contributed by atoms with Crippen LogP contribution in [0.1, 0.15) is 32.8 Å². The Morgan fingerprint density at radius 2 is 1.81 bits per heavy atom. The summed E-state index contributed by atoms with van der Waals surface area (Å²) in [6.07, 6.45) is 0.411. The number of aryl methyl sites for hydroxylation is 1. The lowest BCUT2D eigenvalue weighted by Gasteiger charge is -2.19. The van der Waals surface area contributed by atoms with Crippen LogP contribution in [0.25, 0.3) is 0 Å². The first-order chi connectivity index (χ1) is 9.74. The molecule has 3 N–H and O–H groups in total. The molecule has 0 saturated carbocycles. The van der Waals surface area contributed by atoms with Crippen molar-refractivity contribution in [3.05, 3.63) is 23.8 Å². The maximum Gasteiger partial charge on any atom is 0.229 e. The van der Waals surface area contributed by atoms with E-state index >= 15 is 0 Å². The first-order valence-corrected chi connectivity index (χ1v) is 7.10. The van der Waals surface area contributed by atoms with Crippen molar-refractivity contribution in [2.75, 3.05) is 24.2 Å². The Balaban J connectivity index is 2.80. The van der Waals surface area contributed by atoms with Gasteiger partial charge in [-0.25, -0.2) is 0 Å². The highest BCUT2D eigenvalue weighted by Gasteiger charge is 2.21. The van der Waals surface area contributed by atoms with Gasteiger partial charge in [0.05, 0.1) is 0 Å². The normalized spacial score (nSPS) is 11.1. The third-order valence-electron chi connectivity index (χ3n) is 3.05. The predicted octanol–water partition coefficient (Wildman–Crippen LogP) is 2.53. The maximum atomic E-state index is 12.1. The van der Waals surface area contributed by atoms with Crippen molar-refractivity contribution >= 4 is 23.2 Å². The van der Waals surface area contributed by atoms with Gasteiger partial charge in [0.25, 0.3) is 0 Å². The van der Waals surface area contributed by atoms with Crippen LogP contribution < -0.4 is 16.0 Å². The summed E-state index contributed by atoms with van der Waals surface area (Å²) in [6, 6.07) is 5.50. The minimum Gasteiger partial charge on any atom is -0.326 e. The van der Waals surface area contributed by atoms with Gasteiger partial charge in [-0.05, 0) is 31.7 Å². The molecule has 0 aromatic heterocycles. The Bertz CT molecular complexity index is 519. The smallest absolute Gasteiger partial charge is 0.229 e. The minimum atomic E-state index is -0.460. The molecule has 0 aliphatic rings. The lowest BCUT2D eigenvalue weighted by atomic mass is 9.95. The van der Waals surface area contributed by atoms with E-state index in [4.69, 9.17) is 0 Å². The lowest BCUT2D eigenvalue weighted by Crippen LogP contribution is -2.28. The number of hydrogen-bond donors (Lipinski definition) is 3. The van der Waals surface area contributed by atoms with Gasteiger partial charge in [0.15, 0.2) is 0 Å². The van der Waals surface area contributed by atoms with Crippen LogP contribution in [0.2, 0.25) is 0 Å². The quantitative estimate of drug-likeness (QED) is 0.780. The summed E-state index contributed by atoms with van der Waals surface area (Å²) >= 11 is 0. The van der Waals surface area contributed by atoms with Crippen molar-refractivity contribution < 1.29 is 9.59 Å². The molecule has 0 bridgehead atoms. The monoisotopic (exact) mass is 291 g/mol. The number of carbonyl (C=O) groups is 2. The van der Waals surface area contributed by atoms with Crippen molar-refractivity contribution in [3.8, 4) is 0 Å². The summed E-state index contributed by atoms with van der Waals surface area (Å²) in [5, 5.41) is 8.66. The summed E-state index contributed by atoms with van der Waals surface area (Å²) in [5.41, 5.74) is 1.91. The van der Waals surface area contributed by atoms with Gasteiger partial charge >= 0.3 is 0 Å². The third-order valence-corrected chi connectivity index (χ3v) is 3.05. The fraction of sp³-hybridized carbons (Fsp3) is 0.500. The summed E-state index contributed by atoms with van der Waals surface area (Å²) in [5.74, 6) is -0.106. The third kappa shape index (κ3) is 5.55. The number of carbonyl (C=O) groups excluding carboxylic acids is 2. The van der Waals surface area contributed by atoms with Crippen LogP contribution >= 0.6 is 0 Å². The number of rotatable bonds is 5. The summed E-state index contributed by atoms with van der Waals surface area (Å²) < 4.78 is 0. The zero-order valence-electron chi connectivity index (χ0n) is 13.5. The molecule has 1 aromatic carbocycles. The minimum absolute atomic E-state index is 0.0516. The van der Waals surface area contributed by atoms with Crippen LogP contribution in [-0.4, -0.2) is 25.4 Å². The van der Waals surface area contributed by atoms with Crippen molar-refractivity contribution in [1.29, 1.82) is 0 Å². The molecule has 116 valence electrons. The van der Waals surface area contributed by atoms with Gasteiger partial charge in [0.1, 0.15) is 0 Å². The van der Waals surface area contributed by atoms with E-state index in [1.54, 1.807) is 13.1 Å². The van der Waals surface area contributed by atoms with E-state index in [2.05, 4.69) is 16.0 Å². The van der Waals surface area contributed by atoms with Crippen LogP contribution in [-0.2, 0) is 9.59 Å². The molecule has 0 aliphatic heterocycles. The van der Waals surface area contributed by atoms with E-state index in [0.29, 0.717) is 18.7 Å². The van der Waals surface area contributed by atoms with E-state index in [0.717, 1.165) is 11.3 Å². The topological polar surface area (TPSA) is 70.2 Å². The van der Waals surface area contributed by atoms with Crippen LogP contribution in [0.3, 0.4) is 0 Å². The average Bonchev–Trinajstić information content (AvgIpc) is 2.39. The maximum absolute atomic E-state index is 12.1. The van der Waals surface area contributed by atoms with Gasteiger partial charge in [-0.2, -0.15) is 0 Å². The second-order valence-electron chi connectivity index (χ2n) is 6.14. The van der Waals surface area contributed by atoms with Gasteiger partial charge in [-0.3, -0.25) is 9.59 Å². The zero-order chi connectivity index (χ0) is 16.0. The first kappa shape index (κ1) is 17.2. The number of anilines is 2. The molecule has 0 saturated heterocycles. The van der Waals surface area contributed by atoms with E-state index in [1.807, 2.05) is 39.8 Å². The van der Waals surface area contributed by atoms with E-state index < -0.39 is 5.41 Å². The van der Waals surface area contributed by atoms with Crippen LogP contribution in [0.15, 0.2) is 18.2 Å². The highest BCUT2D eigenvalue weighted by atomic mass is 16.2. The molecule has 0 aliphatic carbocycles. The zero-order valence-corrected chi connectivity index (χ0v) is 13.5. The molecule has 5 heteroatoms. The first-order valence-electron chi connectivity index (χ1n) is 7.10. The average molecular weight is 291 g/mol. The van der Waals surface area contributed by atoms with Crippen molar-refractivity contribution in [1.82, 2.24) is 5.32 Å². The molecule has 0 fully saturated rings. The Morgan fingerprint density at radius 1 is 1.14 bits per heavy atom. The number of hydrogen-bond acceptors (Lipinski definition) is 3. The molecule has 0 radical (unpaired) electrons. The fourth-order valence-corrected chi connectivity index (χ4v) is 1.61. The van der Waals surface area contributed by atoms with Gasteiger partial charge in [0.2, 0.25) is 11.8 Å². The molecule has 1 rings (SSSR count). The highest BCUT2D eigenvalue weighted by Crippen LogP contribution is 2.23. The lowest BCUT2D eigenvalue weighted by molar-refractivity contribution is -0.123. The van der Waals surface area contributed by atoms with E-state index in [9.17, 15) is 9.59 Å². The Labute approximate surface area is 126 Å². The van der Waals surface area contributed by atoms with Crippen LogP contribution in [0, 0.1) is 12.3 Å². The van der Waals surface area contributed by atoms with Crippen molar-refractivity contribution in [2.24, 2.45) is 5.41 Å². The second-order valence-corrected chi connectivity index (χ2v) is 6.14. The Kier molecular flexibility index (Phi) is 5.90. The van der Waals surface area contributed by atoms with Crippen LogP contribution in [0.4, 0.5) is 11.4 Å². The Morgan fingerprint density at radius 3 is 2.38 bits per heavy atom. The highest BCUT2D eigenvalue weighted by molar-refractivity contribution is 5.97. The molecular weight excluding hydrogens is 266 g/mol. The predicted molar refractivity (Wildman–Crippen MR) is 86.4 cm³/mol. The standard InChI is InChI=1S/C16H25N3O2/c1-11-6-7-12(18-14(20)8-9-17-5)10-13(11)19-15(21)16(2,3)4/h6-7,10,17H,8-9H2,1-5H3,(H,18,20)(H,19,21). The summed E-state index contributed by atoms with van der Waals surface area (Å²) in [6.45, 7) is 8.14. The second kappa shape index (κ2) is 7.22. The summed E-state index contributed by atoms with van der Waals surface area (Å²) in [7, 11) is 1.80.